The number of aromatic nitrogens is 1. The first kappa shape index (κ1) is 20.2. The molecule has 1 aliphatic heterocycles. The SMILES string of the molecule is CSc1ccc(Cn2cccc2C2=N[C@@H](CSCc3cccc(C)c3)CO2)cc1. The van der Waals surface area contributed by atoms with E-state index in [4.69, 9.17) is 9.73 Å². The summed E-state index contributed by atoms with van der Waals surface area (Å²) >= 11 is 3.69. The van der Waals surface area contributed by atoms with Gasteiger partial charge in [-0.25, -0.2) is 4.99 Å². The van der Waals surface area contributed by atoms with Gasteiger partial charge in [-0.1, -0.05) is 42.0 Å². The van der Waals surface area contributed by atoms with Gasteiger partial charge in [0.2, 0.25) is 5.90 Å². The molecule has 1 atom stereocenters. The highest BCUT2D eigenvalue weighted by molar-refractivity contribution is 7.98. The maximum absolute atomic E-state index is 5.96. The van der Waals surface area contributed by atoms with Crippen LogP contribution in [0.4, 0.5) is 0 Å². The van der Waals surface area contributed by atoms with Crippen molar-refractivity contribution >= 4 is 29.4 Å². The summed E-state index contributed by atoms with van der Waals surface area (Å²) in [5.41, 5.74) is 5.03. The smallest absolute Gasteiger partial charge is 0.233 e. The predicted molar refractivity (Wildman–Crippen MR) is 125 cm³/mol. The fraction of sp³-hybridized carbons (Fsp3) is 0.292. The lowest BCUT2D eigenvalue weighted by Crippen LogP contribution is -2.11. The number of benzene rings is 2. The molecule has 150 valence electrons. The Bertz CT molecular complexity index is 979. The van der Waals surface area contributed by atoms with Crippen molar-refractivity contribution in [3.05, 3.63) is 89.2 Å². The lowest BCUT2D eigenvalue weighted by molar-refractivity contribution is 0.323. The maximum Gasteiger partial charge on any atom is 0.233 e. The Morgan fingerprint density at radius 2 is 1.93 bits per heavy atom. The fourth-order valence-corrected chi connectivity index (χ4v) is 4.81. The average Bonchev–Trinajstić information content (AvgIpc) is 3.38. The summed E-state index contributed by atoms with van der Waals surface area (Å²) in [5, 5.41) is 0. The van der Waals surface area contributed by atoms with Crippen LogP contribution in [0.2, 0.25) is 0 Å². The quantitative estimate of drug-likeness (QED) is 0.439. The minimum Gasteiger partial charge on any atom is -0.474 e. The number of rotatable bonds is 8. The first-order chi connectivity index (χ1) is 14.2. The molecule has 0 N–H and O–H groups in total. The molecule has 0 radical (unpaired) electrons. The number of thioether (sulfide) groups is 2. The number of aliphatic imine (C=N–C) groups is 1. The van der Waals surface area contributed by atoms with Crippen molar-refractivity contribution in [1.82, 2.24) is 4.57 Å². The maximum atomic E-state index is 5.96. The van der Waals surface area contributed by atoms with Crippen LogP contribution in [-0.2, 0) is 17.0 Å². The summed E-state index contributed by atoms with van der Waals surface area (Å²) in [4.78, 5) is 6.15. The highest BCUT2D eigenvalue weighted by Crippen LogP contribution is 2.21. The molecule has 3 nitrogen and oxygen atoms in total. The molecule has 4 rings (SSSR count). The normalized spacial score (nSPS) is 15.9. The third-order valence-corrected chi connectivity index (χ3v) is 6.84. The van der Waals surface area contributed by atoms with Crippen LogP contribution in [-0.4, -0.2) is 35.1 Å². The van der Waals surface area contributed by atoms with Gasteiger partial charge in [-0.2, -0.15) is 11.8 Å². The topological polar surface area (TPSA) is 26.5 Å². The summed E-state index contributed by atoms with van der Waals surface area (Å²) in [6.45, 7) is 3.64. The Balaban J connectivity index is 1.36. The molecule has 0 fully saturated rings. The second-order valence-corrected chi connectivity index (χ2v) is 9.18. The molecule has 0 unspecified atom stereocenters. The highest BCUT2D eigenvalue weighted by Gasteiger charge is 2.22. The zero-order valence-electron chi connectivity index (χ0n) is 16.9. The van der Waals surface area contributed by atoms with E-state index in [2.05, 4.69) is 84.6 Å². The van der Waals surface area contributed by atoms with Crippen molar-refractivity contribution in [2.45, 2.75) is 30.2 Å². The number of nitrogens with zero attached hydrogens (tertiary/aromatic N) is 2. The van der Waals surface area contributed by atoms with Gasteiger partial charge >= 0.3 is 0 Å². The fourth-order valence-electron chi connectivity index (χ4n) is 3.43. The van der Waals surface area contributed by atoms with E-state index in [-0.39, 0.29) is 6.04 Å². The minimum atomic E-state index is 0.226. The molecule has 0 amide bonds. The van der Waals surface area contributed by atoms with E-state index in [1.807, 2.05) is 11.8 Å². The van der Waals surface area contributed by atoms with E-state index in [0.29, 0.717) is 6.61 Å². The molecule has 0 spiro atoms. The monoisotopic (exact) mass is 422 g/mol. The average molecular weight is 423 g/mol. The predicted octanol–water partition coefficient (Wildman–Crippen LogP) is 5.65. The third kappa shape index (κ3) is 5.28. The Morgan fingerprint density at radius 1 is 1.07 bits per heavy atom. The number of aryl methyl sites for hydroxylation is 1. The summed E-state index contributed by atoms with van der Waals surface area (Å²) < 4.78 is 8.18. The molecule has 2 heterocycles. The second-order valence-electron chi connectivity index (χ2n) is 7.27. The van der Waals surface area contributed by atoms with Crippen molar-refractivity contribution in [2.24, 2.45) is 4.99 Å². The van der Waals surface area contributed by atoms with Crippen LogP contribution in [0.3, 0.4) is 0 Å². The first-order valence-electron chi connectivity index (χ1n) is 9.83. The second kappa shape index (κ2) is 9.59. The van der Waals surface area contributed by atoms with Crippen LogP contribution in [0, 0.1) is 6.92 Å². The minimum absolute atomic E-state index is 0.226. The van der Waals surface area contributed by atoms with Crippen LogP contribution in [0.5, 0.6) is 0 Å². The summed E-state index contributed by atoms with van der Waals surface area (Å²) in [6, 6.07) is 21.8. The van der Waals surface area contributed by atoms with Gasteiger partial charge in [0, 0.05) is 29.1 Å². The molecule has 0 bridgehead atoms. The van der Waals surface area contributed by atoms with Gasteiger partial charge in [-0.15, -0.1) is 11.8 Å². The van der Waals surface area contributed by atoms with Crippen molar-refractivity contribution in [2.75, 3.05) is 18.6 Å². The Kier molecular flexibility index (Phi) is 6.67. The highest BCUT2D eigenvalue weighted by atomic mass is 32.2. The Labute approximate surface area is 181 Å². The zero-order chi connectivity index (χ0) is 20.1. The van der Waals surface area contributed by atoms with E-state index in [1.165, 1.54) is 21.6 Å². The molecule has 0 saturated carbocycles. The van der Waals surface area contributed by atoms with Crippen molar-refractivity contribution in [3.63, 3.8) is 0 Å². The van der Waals surface area contributed by atoms with Crippen LogP contribution in [0.25, 0.3) is 0 Å². The van der Waals surface area contributed by atoms with E-state index in [9.17, 15) is 0 Å². The van der Waals surface area contributed by atoms with Crippen molar-refractivity contribution in [1.29, 1.82) is 0 Å². The Morgan fingerprint density at radius 3 is 2.72 bits per heavy atom. The van der Waals surface area contributed by atoms with Crippen LogP contribution < -0.4 is 0 Å². The van der Waals surface area contributed by atoms with Crippen LogP contribution in [0.1, 0.15) is 22.4 Å². The van der Waals surface area contributed by atoms with Crippen LogP contribution >= 0.6 is 23.5 Å². The molecule has 5 heteroatoms. The van der Waals surface area contributed by atoms with Gasteiger partial charge in [0.15, 0.2) is 0 Å². The molecule has 3 aromatic rings. The van der Waals surface area contributed by atoms with E-state index in [0.717, 1.165) is 29.6 Å². The molecule has 1 aliphatic rings. The van der Waals surface area contributed by atoms with Crippen molar-refractivity contribution in [3.8, 4) is 0 Å². The molecule has 1 aromatic heterocycles. The number of hydrogen-bond donors (Lipinski definition) is 0. The molecular weight excluding hydrogens is 396 g/mol. The lowest BCUT2D eigenvalue weighted by Gasteiger charge is -2.09. The first-order valence-corrected chi connectivity index (χ1v) is 12.2. The van der Waals surface area contributed by atoms with Gasteiger partial charge in [0.1, 0.15) is 12.3 Å². The van der Waals surface area contributed by atoms with Crippen molar-refractivity contribution < 1.29 is 4.74 Å². The van der Waals surface area contributed by atoms with Gasteiger partial charge in [0.25, 0.3) is 0 Å². The molecular formula is C24H26N2OS2. The van der Waals surface area contributed by atoms with Gasteiger partial charge in [-0.05, 0) is 48.6 Å². The summed E-state index contributed by atoms with van der Waals surface area (Å²) in [5.74, 6) is 2.77. The summed E-state index contributed by atoms with van der Waals surface area (Å²) in [7, 11) is 0. The number of hydrogen-bond acceptors (Lipinski definition) is 4. The Hall–Kier alpha value is -2.11. The largest absolute Gasteiger partial charge is 0.474 e. The van der Waals surface area contributed by atoms with E-state index >= 15 is 0 Å². The van der Waals surface area contributed by atoms with Gasteiger partial charge in [0.05, 0.1) is 6.04 Å². The molecule has 2 aromatic carbocycles. The summed E-state index contributed by atoms with van der Waals surface area (Å²) in [6.07, 6.45) is 4.20. The molecule has 0 saturated heterocycles. The van der Waals surface area contributed by atoms with Gasteiger partial charge in [-0.3, -0.25) is 0 Å². The zero-order valence-corrected chi connectivity index (χ0v) is 18.5. The van der Waals surface area contributed by atoms with E-state index < -0.39 is 0 Å². The standard InChI is InChI=1S/C24H26N2OS2/c1-18-5-3-6-20(13-18)16-29-17-21-15-27-24(25-21)23-7-4-12-26(23)14-19-8-10-22(28-2)11-9-19/h3-13,21H,14-17H2,1-2H3/t21-/m1/s1. The van der Waals surface area contributed by atoms with E-state index in [1.54, 1.807) is 11.8 Å². The number of ether oxygens (including phenoxy) is 1. The third-order valence-electron chi connectivity index (χ3n) is 4.93. The lowest BCUT2D eigenvalue weighted by atomic mass is 10.2. The molecule has 29 heavy (non-hydrogen) atoms. The molecule has 0 aliphatic carbocycles. The van der Waals surface area contributed by atoms with Crippen LogP contribution in [0.15, 0.2) is 76.7 Å². The van der Waals surface area contributed by atoms with Gasteiger partial charge < -0.3 is 9.30 Å².